The molecule has 0 unspecified atom stereocenters. The van der Waals surface area contributed by atoms with Crippen molar-refractivity contribution in [1.29, 1.82) is 0 Å². The van der Waals surface area contributed by atoms with E-state index in [1.807, 2.05) is 0 Å². The highest BCUT2D eigenvalue weighted by molar-refractivity contribution is 5.85. The lowest BCUT2D eigenvalue weighted by Gasteiger charge is -2.17. The molecule has 148 valence electrons. The zero-order valence-corrected chi connectivity index (χ0v) is 14.3. The molecule has 11 heteroatoms. The molecule has 5 nitrogen and oxygen atoms in total. The van der Waals surface area contributed by atoms with Gasteiger partial charge in [-0.25, -0.2) is 0 Å². The van der Waals surface area contributed by atoms with Crippen LogP contribution in [0.25, 0.3) is 11.4 Å². The first-order valence-electron chi connectivity index (χ1n) is 7.87. The number of H-pyrrole nitrogens is 1. The topological polar surface area (TPSA) is 58.9 Å². The van der Waals surface area contributed by atoms with E-state index in [1.54, 1.807) is 12.1 Å². The fourth-order valence-corrected chi connectivity index (χ4v) is 2.77. The van der Waals surface area contributed by atoms with E-state index < -0.39 is 35.6 Å². The van der Waals surface area contributed by atoms with Crippen LogP contribution in [-0.4, -0.2) is 33.2 Å². The molecule has 0 saturated heterocycles. The molecule has 2 aromatic heterocycles. The molecule has 2 heterocycles. The zero-order chi connectivity index (χ0) is 20.5. The van der Waals surface area contributed by atoms with Gasteiger partial charge < -0.3 is 4.57 Å². The average molecular weight is 401 g/mol. The van der Waals surface area contributed by atoms with Crippen LogP contribution in [0.5, 0.6) is 0 Å². The van der Waals surface area contributed by atoms with Crippen LogP contribution in [0.15, 0.2) is 41.5 Å². The van der Waals surface area contributed by atoms with Crippen molar-refractivity contribution >= 4 is 6.21 Å². The van der Waals surface area contributed by atoms with Gasteiger partial charge in [0.1, 0.15) is 11.4 Å². The number of aliphatic imine (C=N–C) groups is 1. The Morgan fingerprint density at radius 2 is 1.86 bits per heavy atom. The molecule has 1 aromatic carbocycles. The Morgan fingerprint density at radius 1 is 1.11 bits per heavy atom. The third kappa shape index (κ3) is 3.92. The fourth-order valence-electron chi connectivity index (χ4n) is 2.77. The Hall–Kier alpha value is -3.11. The van der Waals surface area contributed by atoms with Crippen molar-refractivity contribution < 1.29 is 26.3 Å². The van der Waals surface area contributed by atoms with Crippen LogP contribution in [0.3, 0.4) is 0 Å². The van der Waals surface area contributed by atoms with Crippen LogP contribution in [0.2, 0.25) is 0 Å². The van der Waals surface area contributed by atoms with Crippen LogP contribution in [0.1, 0.15) is 22.4 Å². The largest absolute Gasteiger partial charge is 0.416 e. The summed E-state index contributed by atoms with van der Waals surface area (Å²) in [5.74, 6) is 0. The summed E-state index contributed by atoms with van der Waals surface area (Å²) in [5, 5.41) is 10.1. The number of hydrogen-bond donors (Lipinski definition) is 1. The molecule has 0 saturated carbocycles. The number of hydrogen-bond acceptors (Lipinski definition) is 3. The first-order valence-corrected chi connectivity index (χ1v) is 7.87. The van der Waals surface area contributed by atoms with Gasteiger partial charge in [-0.1, -0.05) is 5.21 Å². The lowest BCUT2D eigenvalue weighted by atomic mass is 10.0. The maximum atomic E-state index is 13.3. The Balaban J connectivity index is 2.07. The van der Waals surface area contributed by atoms with E-state index in [0.717, 1.165) is 0 Å². The highest BCUT2D eigenvalue weighted by atomic mass is 19.4. The minimum absolute atomic E-state index is 0.316. The number of nitrogens with one attached hydrogen (secondary N) is 1. The van der Waals surface area contributed by atoms with Gasteiger partial charge in [0.25, 0.3) is 0 Å². The van der Waals surface area contributed by atoms with Crippen LogP contribution in [-0.2, 0) is 18.9 Å². The van der Waals surface area contributed by atoms with Crippen molar-refractivity contribution in [2.75, 3.05) is 7.05 Å². The Labute approximate surface area is 154 Å². The summed E-state index contributed by atoms with van der Waals surface area (Å²) >= 11 is 0. The summed E-state index contributed by atoms with van der Waals surface area (Å²) in [6, 6.07) is 4.52. The van der Waals surface area contributed by atoms with Crippen LogP contribution >= 0.6 is 0 Å². The van der Waals surface area contributed by atoms with Crippen molar-refractivity contribution in [3.8, 4) is 11.4 Å². The van der Waals surface area contributed by atoms with Crippen LogP contribution < -0.4 is 0 Å². The number of aromatic amines is 1. The second kappa shape index (κ2) is 7.13. The molecular formula is C17H13F6N5. The number of aromatic nitrogens is 4. The molecule has 0 aliphatic carbocycles. The molecule has 0 radical (unpaired) electrons. The number of alkyl halides is 6. The minimum atomic E-state index is -4.79. The van der Waals surface area contributed by atoms with Gasteiger partial charge in [0, 0.05) is 26.0 Å². The number of benzene rings is 1. The first kappa shape index (κ1) is 19.6. The van der Waals surface area contributed by atoms with Crippen LogP contribution in [0.4, 0.5) is 26.3 Å². The van der Waals surface area contributed by atoms with E-state index in [9.17, 15) is 26.3 Å². The van der Waals surface area contributed by atoms with Gasteiger partial charge in [-0.3, -0.25) is 10.1 Å². The fraction of sp³-hybridized carbons (Fsp3) is 0.235. The Morgan fingerprint density at radius 3 is 2.50 bits per heavy atom. The number of nitrogens with zero attached hydrogens (tertiary/aromatic N) is 4. The highest BCUT2D eigenvalue weighted by Gasteiger charge is 2.37. The normalized spacial score (nSPS) is 12.8. The SMILES string of the molecule is C/N=C/c1[nH]nnc1-c1cccn1Cc1cc(C(F)(F)F)ccc1C(F)(F)F. The zero-order valence-electron chi connectivity index (χ0n) is 14.3. The summed E-state index contributed by atoms with van der Waals surface area (Å²) in [4.78, 5) is 3.83. The molecule has 28 heavy (non-hydrogen) atoms. The van der Waals surface area contributed by atoms with Crippen LogP contribution in [0, 0.1) is 0 Å². The van der Waals surface area contributed by atoms with Gasteiger partial charge >= 0.3 is 12.4 Å². The highest BCUT2D eigenvalue weighted by Crippen LogP contribution is 2.37. The van der Waals surface area contributed by atoms with E-state index in [0.29, 0.717) is 35.3 Å². The van der Waals surface area contributed by atoms with Crippen molar-refractivity contribution in [2.24, 2.45) is 4.99 Å². The summed E-state index contributed by atoms with van der Waals surface area (Å²) in [5.41, 5.74) is -1.66. The van der Waals surface area contributed by atoms with E-state index in [4.69, 9.17) is 0 Å². The number of halogens is 6. The van der Waals surface area contributed by atoms with Gasteiger partial charge in [0.05, 0.1) is 16.8 Å². The predicted molar refractivity (Wildman–Crippen MR) is 88.9 cm³/mol. The van der Waals surface area contributed by atoms with Gasteiger partial charge in [-0.2, -0.15) is 26.3 Å². The summed E-state index contributed by atoms with van der Waals surface area (Å²) in [6.07, 6.45) is -6.66. The monoisotopic (exact) mass is 401 g/mol. The second-order valence-electron chi connectivity index (χ2n) is 5.85. The van der Waals surface area contributed by atoms with Crippen molar-refractivity contribution in [1.82, 2.24) is 20.0 Å². The maximum Gasteiger partial charge on any atom is 0.416 e. The summed E-state index contributed by atoms with van der Waals surface area (Å²) in [6.45, 7) is -0.434. The molecule has 0 spiro atoms. The molecule has 0 aliphatic heterocycles. The molecule has 3 rings (SSSR count). The van der Waals surface area contributed by atoms with Gasteiger partial charge in [0.2, 0.25) is 0 Å². The Bertz CT molecular complexity index is 996. The van der Waals surface area contributed by atoms with Crippen molar-refractivity contribution in [3.63, 3.8) is 0 Å². The Kier molecular flexibility index (Phi) is 5.01. The molecule has 3 aromatic rings. The second-order valence-corrected chi connectivity index (χ2v) is 5.85. The molecular weight excluding hydrogens is 388 g/mol. The third-order valence-corrected chi connectivity index (χ3v) is 3.98. The lowest BCUT2D eigenvalue weighted by Crippen LogP contribution is -2.15. The van der Waals surface area contributed by atoms with E-state index in [1.165, 1.54) is 24.0 Å². The van der Waals surface area contributed by atoms with Gasteiger partial charge in [-0.15, -0.1) is 5.10 Å². The number of rotatable bonds is 4. The molecule has 1 N–H and O–H groups in total. The molecule has 0 fully saturated rings. The maximum absolute atomic E-state index is 13.3. The first-order chi connectivity index (χ1) is 13.1. The predicted octanol–water partition coefficient (Wildman–Crippen LogP) is 4.41. The van der Waals surface area contributed by atoms with E-state index in [-0.39, 0.29) is 0 Å². The summed E-state index contributed by atoms with van der Waals surface area (Å²) in [7, 11) is 1.52. The third-order valence-electron chi connectivity index (χ3n) is 3.98. The molecule has 0 bridgehead atoms. The van der Waals surface area contributed by atoms with E-state index >= 15 is 0 Å². The smallest absolute Gasteiger partial charge is 0.342 e. The summed E-state index contributed by atoms with van der Waals surface area (Å²) < 4.78 is 80.3. The standard InChI is InChI=1S/C17H13F6N5/c1-24-8-13-15(26-27-25-13)14-3-2-6-28(14)9-10-7-11(16(18,19)20)4-5-12(10)17(21,22)23/h2-8H,9H2,1H3,(H,25,26,27)/b24-8+. The molecule has 0 atom stereocenters. The van der Waals surface area contributed by atoms with E-state index in [2.05, 4.69) is 20.4 Å². The van der Waals surface area contributed by atoms with Gasteiger partial charge in [-0.05, 0) is 35.9 Å². The molecule has 0 amide bonds. The van der Waals surface area contributed by atoms with Crippen molar-refractivity contribution in [2.45, 2.75) is 18.9 Å². The average Bonchev–Trinajstić information content (AvgIpc) is 3.22. The molecule has 0 aliphatic rings. The van der Waals surface area contributed by atoms with Crippen molar-refractivity contribution in [3.05, 3.63) is 58.9 Å². The van der Waals surface area contributed by atoms with Gasteiger partial charge in [0.15, 0.2) is 0 Å². The quantitative estimate of drug-likeness (QED) is 0.520. The minimum Gasteiger partial charge on any atom is -0.342 e. The lowest BCUT2D eigenvalue weighted by molar-refractivity contribution is -0.141.